The fraction of sp³-hybridized carbons (Fsp3) is 0.500. The van der Waals surface area contributed by atoms with Crippen LogP contribution in [0.25, 0.3) is 0 Å². The molecule has 2 aliphatic heterocycles. The molecule has 2 aliphatic rings. The quantitative estimate of drug-likeness (QED) is 0.729. The lowest BCUT2D eigenvalue weighted by Crippen LogP contribution is -2.64. The predicted octanol–water partition coefficient (Wildman–Crippen LogP) is 0.669. The van der Waals surface area contributed by atoms with Gasteiger partial charge in [0.2, 0.25) is 0 Å². The van der Waals surface area contributed by atoms with Gasteiger partial charge in [-0.3, -0.25) is 15.1 Å². The van der Waals surface area contributed by atoms with Crippen molar-refractivity contribution in [2.75, 3.05) is 27.3 Å². The van der Waals surface area contributed by atoms with Gasteiger partial charge in [0.15, 0.2) is 12.0 Å². The molecule has 2 fully saturated rings. The summed E-state index contributed by atoms with van der Waals surface area (Å²) in [4.78, 5) is 32.5. The van der Waals surface area contributed by atoms with E-state index in [1.165, 1.54) is 4.90 Å². The van der Waals surface area contributed by atoms with Crippen molar-refractivity contribution in [1.82, 2.24) is 20.4 Å². The third kappa shape index (κ3) is 3.65. The fourth-order valence-corrected chi connectivity index (χ4v) is 3.29. The maximum atomic E-state index is 12.5. The molecule has 0 spiro atoms. The summed E-state index contributed by atoms with van der Waals surface area (Å²) in [5.41, 5.74) is 2.24. The number of fused-ring (bicyclic) bond motifs is 1. The lowest BCUT2D eigenvalue weighted by molar-refractivity contribution is -0.127. The molecule has 3 rings (SSSR count). The zero-order valence-electron chi connectivity index (χ0n) is 15.4. The van der Waals surface area contributed by atoms with E-state index in [2.05, 4.69) is 21.7 Å². The van der Waals surface area contributed by atoms with Gasteiger partial charge in [0, 0.05) is 33.9 Å². The largest absolute Gasteiger partial charge is 0.385 e. The molecule has 0 radical (unpaired) electrons. The van der Waals surface area contributed by atoms with E-state index in [-0.39, 0.29) is 5.91 Å². The summed E-state index contributed by atoms with van der Waals surface area (Å²) in [6.45, 7) is 3.78. The van der Waals surface area contributed by atoms with Gasteiger partial charge in [-0.05, 0) is 18.9 Å². The van der Waals surface area contributed by atoms with Crippen LogP contribution in [0.3, 0.4) is 0 Å². The standard InChI is InChI=1S/C18H25N5O3/c1-12-6-4-7-13(10-12)11-23-14-15(22(2)18(25)21-16(14)24)20-17(23)19-8-5-9-26-3/h4,6-7,10,14-15H,5,8-9,11H2,1-3H3,(H,19,20)(H,21,24,25). The number of nitrogens with zero attached hydrogens (tertiary/aromatic N) is 3. The topological polar surface area (TPSA) is 86.3 Å². The van der Waals surface area contributed by atoms with Crippen molar-refractivity contribution in [2.45, 2.75) is 32.1 Å². The van der Waals surface area contributed by atoms with Crippen molar-refractivity contribution < 1.29 is 14.3 Å². The highest BCUT2D eigenvalue weighted by Crippen LogP contribution is 2.23. The van der Waals surface area contributed by atoms with E-state index in [4.69, 9.17) is 4.74 Å². The average Bonchev–Trinajstić information content (AvgIpc) is 2.96. The summed E-state index contributed by atoms with van der Waals surface area (Å²) in [6.07, 6.45) is 0.359. The van der Waals surface area contributed by atoms with Crippen LogP contribution in [0.15, 0.2) is 29.3 Å². The van der Waals surface area contributed by atoms with Crippen LogP contribution >= 0.6 is 0 Å². The molecule has 2 heterocycles. The van der Waals surface area contributed by atoms with Gasteiger partial charge in [-0.15, -0.1) is 0 Å². The van der Waals surface area contributed by atoms with Crippen LogP contribution in [0, 0.1) is 6.92 Å². The Bertz CT molecular complexity index is 721. The summed E-state index contributed by atoms with van der Waals surface area (Å²) in [7, 11) is 3.33. The summed E-state index contributed by atoms with van der Waals surface area (Å²) in [5, 5.41) is 5.66. The van der Waals surface area contributed by atoms with E-state index in [1.54, 1.807) is 14.2 Å². The lowest BCUT2D eigenvalue weighted by atomic mass is 10.1. The van der Waals surface area contributed by atoms with Crippen molar-refractivity contribution in [1.29, 1.82) is 0 Å². The monoisotopic (exact) mass is 359 g/mol. The molecule has 140 valence electrons. The smallest absolute Gasteiger partial charge is 0.325 e. The molecule has 2 atom stereocenters. The Balaban J connectivity index is 1.86. The first kappa shape index (κ1) is 18.2. The minimum atomic E-state index is -0.514. The number of likely N-dealkylation sites (N-methyl/N-ethyl adjacent to an activating group) is 1. The van der Waals surface area contributed by atoms with Gasteiger partial charge in [-0.2, -0.15) is 0 Å². The van der Waals surface area contributed by atoms with Gasteiger partial charge in [0.25, 0.3) is 5.91 Å². The molecule has 1 aromatic rings. The number of ether oxygens (including phenoxy) is 1. The molecule has 0 aliphatic carbocycles. The Morgan fingerprint density at radius 3 is 2.85 bits per heavy atom. The van der Waals surface area contributed by atoms with Crippen LogP contribution in [0.1, 0.15) is 17.5 Å². The van der Waals surface area contributed by atoms with Crippen LogP contribution in [0.5, 0.6) is 0 Å². The minimum absolute atomic E-state index is 0.305. The Labute approximate surface area is 153 Å². The van der Waals surface area contributed by atoms with Crippen molar-refractivity contribution in [3.63, 3.8) is 0 Å². The number of methoxy groups -OCH3 is 1. The molecular formula is C18H25N5O3. The van der Waals surface area contributed by atoms with Crippen molar-refractivity contribution >= 4 is 17.9 Å². The van der Waals surface area contributed by atoms with Crippen LogP contribution < -0.4 is 10.6 Å². The van der Waals surface area contributed by atoms with Crippen LogP contribution in [-0.2, 0) is 16.1 Å². The number of benzene rings is 1. The number of carbonyl (C=O) groups excluding carboxylic acids is 2. The highest BCUT2D eigenvalue weighted by atomic mass is 16.5. The minimum Gasteiger partial charge on any atom is -0.385 e. The molecule has 2 N–H and O–H groups in total. The van der Waals surface area contributed by atoms with E-state index < -0.39 is 18.2 Å². The summed E-state index contributed by atoms with van der Waals surface area (Å²) >= 11 is 0. The Morgan fingerprint density at radius 2 is 2.12 bits per heavy atom. The molecule has 2 unspecified atom stereocenters. The van der Waals surface area contributed by atoms with Crippen molar-refractivity contribution in [3.05, 3.63) is 35.4 Å². The van der Waals surface area contributed by atoms with Gasteiger partial charge in [-0.1, -0.05) is 29.8 Å². The molecule has 3 amide bonds. The van der Waals surface area contributed by atoms with Gasteiger partial charge >= 0.3 is 6.03 Å². The molecular weight excluding hydrogens is 334 g/mol. The summed E-state index contributed by atoms with van der Waals surface area (Å²) < 4.78 is 5.06. The van der Waals surface area contributed by atoms with E-state index in [0.717, 1.165) is 17.5 Å². The van der Waals surface area contributed by atoms with E-state index in [0.29, 0.717) is 25.7 Å². The fourth-order valence-electron chi connectivity index (χ4n) is 3.29. The maximum Gasteiger partial charge on any atom is 0.325 e. The first-order valence-corrected chi connectivity index (χ1v) is 8.71. The zero-order valence-corrected chi connectivity index (χ0v) is 15.4. The number of hydrogen-bond donors (Lipinski definition) is 2. The number of urea groups is 1. The highest BCUT2D eigenvalue weighted by molar-refractivity contribution is 6.04. The number of aryl methyl sites for hydroxylation is 1. The number of imide groups is 1. The SMILES string of the molecule is COCCCN=C1NC2C(C(=O)NC(=O)N2C)N1Cc1cccc(C)c1. The lowest BCUT2D eigenvalue weighted by Gasteiger charge is -2.35. The molecule has 0 saturated carbocycles. The number of hydrogen-bond acceptors (Lipinski definition) is 4. The summed E-state index contributed by atoms with van der Waals surface area (Å²) in [6, 6.07) is 7.23. The van der Waals surface area contributed by atoms with Crippen molar-refractivity contribution in [3.8, 4) is 0 Å². The van der Waals surface area contributed by atoms with Crippen molar-refractivity contribution in [2.24, 2.45) is 4.99 Å². The molecule has 0 aromatic heterocycles. The predicted molar refractivity (Wildman–Crippen MR) is 97.5 cm³/mol. The number of rotatable bonds is 6. The molecule has 2 saturated heterocycles. The first-order chi connectivity index (χ1) is 12.5. The third-order valence-corrected chi connectivity index (χ3v) is 4.62. The number of aliphatic imine (C=N–C) groups is 1. The second-order valence-electron chi connectivity index (χ2n) is 6.61. The zero-order chi connectivity index (χ0) is 18.7. The van der Waals surface area contributed by atoms with Crippen LogP contribution in [0.2, 0.25) is 0 Å². The second kappa shape index (κ2) is 7.74. The number of guanidine groups is 1. The number of carbonyl (C=O) groups is 2. The number of amides is 3. The highest BCUT2D eigenvalue weighted by Gasteiger charge is 2.49. The number of nitrogens with one attached hydrogen (secondary N) is 2. The second-order valence-corrected chi connectivity index (χ2v) is 6.61. The molecule has 26 heavy (non-hydrogen) atoms. The normalized spacial score (nSPS) is 23.9. The maximum absolute atomic E-state index is 12.5. The molecule has 8 nitrogen and oxygen atoms in total. The van der Waals surface area contributed by atoms with Gasteiger partial charge in [0.05, 0.1) is 0 Å². The average molecular weight is 359 g/mol. The van der Waals surface area contributed by atoms with Gasteiger partial charge < -0.3 is 19.9 Å². The van der Waals surface area contributed by atoms with E-state index in [1.807, 2.05) is 30.0 Å². The third-order valence-electron chi connectivity index (χ3n) is 4.62. The first-order valence-electron chi connectivity index (χ1n) is 8.71. The molecule has 0 bridgehead atoms. The van der Waals surface area contributed by atoms with E-state index in [9.17, 15) is 9.59 Å². The summed E-state index contributed by atoms with van der Waals surface area (Å²) in [5.74, 6) is 0.328. The Hall–Kier alpha value is -2.61. The molecule has 8 heteroatoms. The van der Waals surface area contributed by atoms with E-state index >= 15 is 0 Å². The Kier molecular flexibility index (Phi) is 5.41. The van der Waals surface area contributed by atoms with Crippen LogP contribution in [0.4, 0.5) is 4.79 Å². The van der Waals surface area contributed by atoms with Crippen LogP contribution in [-0.4, -0.2) is 67.2 Å². The van der Waals surface area contributed by atoms with Gasteiger partial charge in [-0.25, -0.2) is 4.79 Å². The van der Waals surface area contributed by atoms with Gasteiger partial charge in [0.1, 0.15) is 6.17 Å². The molecule has 1 aromatic carbocycles. The Morgan fingerprint density at radius 1 is 1.31 bits per heavy atom.